The summed E-state index contributed by atoms with van der Waals surface area (Å²) in [7, 11) is 5.78. The van der Waals surface area contributed by atoms with Crippen molar-refractivity contribution in [2.24, 2.45) is 0 Å². The molecule has 0 bridgehead atoms. The first kappa shape index (κ1) is 22.2. The predicted octanol–water partition coefficient (Wildman–Crippen LogP) is 2.82. The number of amides is 1. The third-order valence-electron chi connectivity index (χ3n) is 5.37. The van der Waals surface area contributed by atoms with Crippen LogP contribution in [0.2, 0.25) is 0 Å². The quantitative estimate of drug-likeness (QED) is 0.720. The van der Waals surface area contributed by atoms with Crippen LogP contribution in [0, 0.1) is 0 Å². The Hall–Kier alpha value is -2.51. The number of nitrogens with zero attached hydrogens (tertiary/aromatic N) is 4. The Kier molecular flexibility index (Phi) is 7.76. The Balaban J connectivity index is 1.73. The lowest BCUT2D eigenvalue weighted by Crippen LogP contribution is -2.29. The lowest BCUT2D eigenvalue weighted by molar-refractivity contribution is 0.0783. The average molecular weight is 412 g/mol. The molecule has 1 fully saturated rings. The van der Waals surface area contributed by atoms with Crippen molar-refractivity contribution in [3.05, 3.63) is 53.0 Å². The van der Waals surface area contributed by atoms with Gasteiger partial charge in [0, 0.05) is 45.3 Å². The molecule has 0 radical (unpaired) electrons. The van der Waals surface area contributed by atoms with Gasteiger partial charge in [-0.2, -0.15) is 0 Å². The van der Waals surface area contributed by atoms with Crippen LogP contribution in [0.5, 0.6) is 0 Å². The van der Waals surface area contributed by atoms with Crippen LogP contribution in [0.3, 0.4) is 0 Å². The highest BCUT2D eigenvalue weighted by Crippen LogP contribution is 2.24. The molecule has 1 aliphatic rings. The monoisotopic (exact) mass is 411 g/mol. The Morgan fingerprint density at radius 3 is 2.47 bits per heavy atom. The number of hydrogen-bond donors (Lipinski definition) is 1. The summed E-state index contributed by atoms with van der Waals surface area (Å²) in [6.07, 6.45) is 2.08. The fraction of sp³-hybridized carbons (Fsp3) is 0.522. The van der Waals surface area contributed by atoms with E-state index in [9.17, 15) is 4.79 Å². The van der Waals surface area contributed by atoms with Crippen molar-refractivity contribution < 1.29 is 9.53 Å². The van der Waals surface area contributed by atoms with Crippen molar-refractivity contribution in [1.82, 2.24) is 20.2 Å². The van der Waals surface area contributed by atoms with Gasteiger partial charge in [-0.25, -0.2) is 9.97 Å². The Morgan fingerprint density at radius 2 is 1.83 bits per heavy atom. The summed E-state index contributed by atoms with van der Waals surface area (Å²) in [4.78, 5) is 26.2. The fourth-order valence-corrected chi connectivity index (χ4v) is 3.57. The molecule has 0 saturated carbocycles. The maximum absolute atomic E-state index is 12.9. The molecule has 1 aromatic heterocycles. The summed E-state index contributed by atoms with van der Waals surface area (Å²) in [5.41, 5.74) is 2.60. The number of ether oxygens (including phenoxy) is 1. The number of hydrogen-bond acceptors (Lipinski definition) is 6. The largest absolute Gasteiger partial charge is 0.377 e. The second-order valence-corrected chi connectivity index (χ2v) is 7.99. The zero-order chi connectivity index (χ0) is 21.5. The normalized spacial score (nSPS) is 14.5. The van der Waals surface area contributed by atoms with Crippen LogP contribution in [0.15, 0.2) is 30.3 Å². The number of aromatic nitrogens is 2. The highest BCUT2D eigenvalue weighted by atomic mass is 16.5. The SMILES string of the molecule is CCOCc1ccc(C(=O)N(C)Cc2cc(N(C)C)nc(C3CCNCC3)n2)cc1. The Morgan fingerprint density at radius 1 is 1.13 bits per heavy atom. The van der Waals surface area contributed by atoms with Gasteiger partial charge in [-0.1, -0.05) is 12.1 Å². The van der Waals surface area contributed by atoms with Crippen LogP contribution in [0.1, 0.15) is 53.1 Å². The van der Waals surface area contributed by atoms with Crippen molar-refractivity contribution in [2.45, 2.75) is 38.8 Å². The molecule has 1 aromatic carbocycles. The van der Waals surface area contributed by atoms with Crippen LogP contribution in [-0.2, 0) is 17.9 Å². The number of carbonyl (C=O) groups excluding carboxylic acids is 1. The first-order valence-electron chi connectivity index (χ1n) is 10.7. The lowest BCUT2D eigenvalue weighted by Gasteiger charge is -2.24. The van der Waals surface area contributed by atoms with E-state index in [0.717, 1.165) is 48.8 Å². The van der Waals surface area contributed by atoms with E-state index in [0.29, 0.717) is 31.2 Å². The third kappa shape index (κ3) is 5.77. The molecule has 1 N–H and O–H groups in total. The molecular weight excluding hydrogens is 378 g/mol. The van der Waals surface area contributed by atoms with Gasteiger partial charge in [0.05, 0.1) is 18.8 Å². The van der Waals surface area contributed by atoms with Gasteiger partial charge in [0.1, 0.15) is 11.6 Å². The zero-order valence-electron chi connectivity index (χ0n) is 18.5. The fourth-order valence-electron chi connectivity index (χ4n) is 3.57. The molecule has 2 aromatic rings. The van der Waals surface area contributed by atoms with Crippen molar-refractivity contribution in [3.63, 3.8) is 0 Å². The first-order valence-corrected chi connectivity index (χ1v) is 10.7. The molecule has 1 saturated heterocycles. The van der Waals surface area contributed by atoms with Gasteiger partial charge in [-0.15, -0.1) is 0 Å². The minimum Gasteiger partial charge on any atom is -0.377 e. The first-order chi connectivity index (χ1) is 14.5. The number of anilines is 1. The second kappa shape index (κ2) is 10.5. The van der Waals surface area contributed by atoms with E-state index < -0.39 is 0 Å². The molecule has 30 heavy (non-hydrogen) atoms. The van der Waals surface area contributed by atoms with Gasteiger partial charge in [0.2, 0.25) is 0 Å². The van der Waals surface area contributed by atoms with Gasteiger partial charge in [0.15, 0.2) is 0 Å². The molecule has 162 valence electrons. The van der Waals surface area contributed by atoms with E-state index in [1.165, 1.54) is 0 Å². The van der Waals surface area contributed by atoms with Crippen LogP contribution in [0.25, 0.3) is 0 Å². The van der Waals surface area contributed by atoms with Gasteiger partial charge in [-0.05, 0) is 50.6 Å². The maximum Gasteiger partial charge on any atom is 0.253 e. The molecule has 1 amide bonds. The van der Waals surface area contributed by atoms with Gasteiger partial charge in [0.25, 0.3) is 5.91 Å². The van der Waals surface area contributed by atoms with Gasteiger partial charge >= 0.3 is 0 Å². The molecule has 0 spiro atoms. The summed E-state index contributed by atoms with van der Waals surface area (Å²) in [5, 5.41) is 3.39. The van der Waals surface area contributed by atoms with E-state index in [1.807, 2.05) is 63.3 Å². The molecular formula is C23H33N5O2. The number of benzene rings is 1. The smallest absolute Gasteiger partial charge is 0.253 e. The molecule has 7 nitrogen and oxygen atoms in total. The lowest BCUT2D eigenvalue weighted by atomic mass is 9.97. The number of rotatable bonds is 8. The van der Waals surface area contributed by atoms with E-state index in [2.05, 4.69) is 5.32 Å². The highest BCUT2D eigenvalue weighted by Gasteiger charge is 2.21. The summed E-state index contributed by atoms with van der Waals surface area (Å²) in [6.45, 7) is 5.64. The Bertz CT molecular complexity index is 832. The molecule has 1 aliphatic heterocycles. The molecule has 7 heteroatoms. The topological polar surface area (TPSA) is 70.6 Å². The molecule has 3 rings (SSSR count). The number of nitrogens with one attached hydrogen (secondary N) is 1. The minimum atomic E-state index is -0.0219. The van der Waals surface area contributed by atoms with Crippen LogP contribution < -0.4 is 10.2 Å². The van der Waals surface area contributed by atoms with Crippen LogP contribution in [0.4, 0.5) is 5.82 Å². The average Bonchev–Trinajstić information content (AvgIpc) is 2.77. The van der Waals surface area contributed by atoms with E-state index in [1.54, 1.807) is 4.90 Å². The summed E-state index contributed by atoms with van der Waals surface area (Å²) < 4.78 is 5.42. The standard InChI is InChI=1S/C23H33N5O2/c1-5-30-16-17-6-8-19(9-7-17)23(29)28(4)15-20-14-21(27(2)3)26-22(25-20)18-10-12-24-13-11-18/h6-9,14,18,24H,5,10-13,15-16H2,1-4H3. The molecule has 2 heterocycles. The van der Waals surface area contributed by atoms with E-state index in [4.69, 9.17) is 14.7 Å². The summed E-state index contributed by atoms with van der Waals surface area (Å²) >= 11 is 0. The Labute approximate surface area is 179 Å². The third-order valence-corrected chi connectivity index (χ3v) is 5.37. The predicted molar refractivity (Wildman–Crippen MR) is 119 cm³/mol. The maximum atomic E-state index is 12.9. The summed E-state index contributed by atoms with van der Waals surface area (Å²) in [5.74, 6) is 2.11. The molecule has 0 aliphatic carbocycles. The van der Waals surface area contributed by atoms with Crippen molar-refractivity contribution in [3.8, 4) is 0 Å². The highest BCUT2D eigenvalue weighted by molar-refractivity contribution is 5.94. The minimum absolute atomic E-state index is 0.0219. The van der Waals surface area contributed by atoms with Crippen molar-refractivity contribution >= 4 is 11.7 Å². The van der Waals surface area contributed by atoms with E-state index >= 15 is 0 Å². The van der Waals surface area contributed by atoms with Gasteiger partial charge in [-0.3, -0.25) is 4.79 Å². The van der Waals surface area contributed by atoms with Crippen LogP contribution in [-0.4, -0.2) is 61.6 Å². The number of carbonyl (C=O) groups is 1. The van der Waals surface area contributed by atoms with Gasteiger partial charge < -0.3 is 19.9 Å². The van der Waals surface area contributed by atoms with E-state index in [-0.39, 0.29) is 5.91 Å². The van der Waals surface area contributed by atoms with Crippen LogP contribution >= 0.6 is 0 Å². The second-order valence-electron chi connectivity index (χ2n) is 7.99. The number of piperidine rings is 1. The molecule has 0 atom stereocenters. The molecule has 0 unspecified atom stereocenters. The summed E-state index contributed by atoms with van der Waals surface area (Å²) in [6, 6.07) is 9.58. The zero-order valence-corrected chi connectivity index (χ0v) is 18.5. The van der Waals surface area contributed by atoms with Crippen molar-refractivity contribution in [2.75, 3.05) is 45.7 Å². The van der Waals surface area contributed by atoms with Crippen molar-refractivity contribution in [1.29, 1.82) is 0 Å².